The van der Waals surface area contributed by atoms with Gasteiger partial charge in [0, 0.05) is 23.5 Å². The molecule has 0 saturated heterocycles. The second-order valence-corrected chi connectivity index (χ2v) is 7.64. The molecule has 3 aromatic rings. The van der Waals surface area contributed by atoms with Crippen molar-refractivity contribution >= 4 is 11.9 Å². The van der Waals surface area contributed by atoms with E-state index in [2.05, 4.69) is 48.7 Å². The van der Waals surface area contributed by atoms with Crippen molar-refractivity contribution in [1.82, 2.24) is 14.9 Å². The van der Waals surface area contributed by atoms with Gasteiger partial charge in [-0.1, -0.05) is 56.3 Å². The molecule has 1 saturated carbocycles. The summed E-state index contributed by atoms with van der Waals surface area (Å²) in [6.45, 7) is 4.67. The molecule has 0 aliphatic heterocycles. The lowest BCUT2D eigenvalue weighted by molar-refractivity contribution is -0.115. The molecule has 4 rings (SSSR count). The first-order valence-electron chi connectivity index (χ1n) is 9.88. The van der Waals surface area contributed by atoms with E-state index in [1.54, 1.807) is 0 Å². The summed E-state index contributed by atoms with van der Waals surface area (Å²) in [5.41, 5.74) is 4.11. The number of anilines is 1. The number of benzene rings is 2. The van der Waals surface area contributed by atoms with E-state index >= 15 is 0 Å². The van der Waals surface area contributed by atoms with Gasteiger partial charge in [0.2, 0.25) is 11.9 Å². The second kappa shape index (κ2) is 7.98. The number of aromatic nitrogens is 2. The number of hydrogen-bond acceptors (Lipinski definition) is 3. The molecule has 28 heavy (non-hydrogen) atoms. The minimum atomic E-state index is -0.0721. The third-order valence-electron chi connectivity index (χ3n) is 4.99. The molecule has 1 heterocycles. The Morgan fingerprint density at radius 2 is 1.82 bits per heavy atom. The maximum Gasteiger partial charge on any atom is 0.240 e. The van der Waals surface area contributed by atoms with Crippen LogP contribution in [0.1, 0.15) is 38.2 Å². The number of amides is 1. The highest BCUT2D eigenvalue weighted by molar-refractivity contribution is 5.91. The first-order valence-corrected chi connectivity index (χ1v) is 9.88. The fourth-order valence-electron chi connectivity index (χ4n) is 3.13. The molecule has 0 unspecified atom stereocenters. The number of carbonyl (C=O) groups excluding carboxylic acids is 1. The molecule has 2 N–H and O–H groups in total. The van der Waals surface area contributed by atoms with Crippen LogP contribution in [-0.2, 0) is 4.79 Å². The van der Waals surface area contributed by atoms with Crippen LogP contribution in [0.5, 0.6) is 0 Å². The van der Waals surface area contributed by atoms with Crippen LogP contribution in [0.2, 0.25) is 0 Å². The van der Waals surface area contributed by atoms with Crippen LogP contribution in [-0.4, -0.2) is 28.0 Å². The van der Waals surface area contributed by atoms with Crippen molar-refractivity contribution in [2.24, 2.45) is 0 Å². The Labute approximate surface area is 165 Å². The number of imidazole rings is 1. The summed E-state index contributed by atoms with van der Waals surface area (Å²) in [5, 5.41) is 6.22. The Kier molecular flexibility index (Phi) is 5.26. The Hall–Kier alpha value is -2.92. The van der Waals surface area contributed by atoms with E-state index in [0.717, 1.165) is 29.8 Å². The van der Waals surface area contributed by atoms with E-state index in [-0.39, 0.29) is 5.91 Å². The molecular formula is C23H26N4O. The largest absolute Gasteiger partial charge is 0.306 e. The summed E-state index contributed by atoms with van der Waals surface area (Å²) in [7, 11) is 0. The third kappa shape index (κ3) is 4.31. The van der Waals surface area contributed by atoms with E-state index in [1.165, 1.54) is 5.56 Å². The Balaban J connectivity index is 1.63. The Morgan fingerprint density at radius 3 is 2.46 bits per heavy atom. The van der Waals surface area contributed by atoms with Gasteiger partial charge in [-0.05, 0) is 36.5 Å². The van der Waals surface area contributed by atoms with Crippen molar-refractivity contribution in [1.29, 1.82) is 0 Å². The molecule has 1 aliphatic carbocycles. The van der Waals surface area contributed by atoms with Crippen LogP contribution in [0.4, 0.5) is 5.95 Å². The molecule has 0 spiro atoms. The van der Waals surface area contributed by atoms with Crippen molar-refractivity contribution < 1.29 is 4.79 Å². The molecule has 2 aromatic carbocycles. The third-order valence-corrected chi connectivity index (χ3v) is 4.99. The summed E-state index contributed by atoms with van der Waals surface area (Å²) >= 11 is 0. The average Bonchev–Trinajstić information content (AvgIpc) is 3.46. The highest BCUT2D eigenvalue weighted by Gasteiger charge is 2.22. The molecule has 0 radical (unpaired) electrons. The topological polar surface area (TPSA) is 59.0 Å². The van der Waals surface area contributed by atoms with E-state index < -0.39 is 0 Å². The quantitative estimate of drug-likeness (QED) is 0.646. The van der Waals surface area contributed by atoms with Crippen LogP contribution in [0.15, 0.2) is 60.8 Å². The van der Waals surface area contributed by atoms with Crippen LogP contribution >= 0.6 is 0 Å². The minimum Gasteiger partial charge on any atom is -0.306 e. The van der Waals surface area contributed by atoms with Crippen LogP contribution in [0, 0.1) is 0 Å². The van der Waals surface area contributed by atoms with E-state index in [9.17, 15) is 4.79 Å². The molecule has 5 heteroatoms. The smallest absolute Gasteiger partial charge is 0.240 e. The summed E-state index contributed by atoms with van der Waals surface area (Å²) in [6, 6.07) is 18.9. The van der Waals surface area contributed by atoms with Gasteiger partial charge in [-0.15, -0.1) is 0 Å². The highest BCUT2D eigenvalue weighted by Crippen LogP contribution is 2.25. The normalized spacial score (nSPS) is 13.7. The number of nitrogens with zero attached hydrogens (tertiary/aromatic N) is 2. The molecule has 0 bridgehead atoms. The number of rotatable bonds is 7. The van der Waals surface area contributed by atoms with E-state index in [0.29, 0.717) is 24.5 Å². The van der Waals surface area contributed by atoms with Gasteiger partial charge in [-0.2, -0.15) is 0 Å². The van der Waals surface area contributed by atoms with Crippen LogP contribution in [0.3, 0.4) is 0 Å². The first kappa shape index (κ1) is 18.4. The van der Waals surface area contributed by atoms with Gasteiger partial charge >= 0.3 is 0 Å². The lowest BCUT2D eigenvalue weighted by Crippen LogP contribution is -2.30. The van der Waals surface area contributed by atoms with Crippen LogP contribution in [0.25, 0.3) is 16.9 Å². The van der Waals surface area contributed by atoms with Crippen molar-refractivity contribution in [2.45, 2.75) is 38.6 Å². The van der Waals surface area contributed by atoms with Crippen molar-refractivity contribution in [3.05, 3.63) is 66.4 Å². The molecule has 1 aromatic heterocycles. The summed E-state index contributed by atoms with van der Waals surface area (Å²) < 4.78 is 1.95. The molecule has 5 nitrogen and oxygen atoms in total. The van der Waals surface area contributed by atoms with Gasteiger partial charge in [-0.3, -0.25) is 14.7 Å². The predicted molar refractivity (Wildman–Crippen MR) is 113 cm³/mol. The molecular weight excluding hydrogens is 348 g/mol. The second-order valence-electron chi connectivity index (χ2n) is 7.64. The maximum absolute atomic E-state index is 12.4. The lowest BCUT2D eigenvalue weighted by atomic mass is 10.0. The van der Waals surface area contributed by atoms with Gasteiger partial charge in [0.25, 0.3) is 0 Å². The molecule has 144 valence electrons. The fourth-order valence-corrected chi connectivity index (χ4v) is 3.13. The van der Waals surface area contributed by atoms with E-state index in [4.69, 9.17) is 4.98 Å². The predicted octanol–water partition coefficient (Wildman–Crippen LogP) is 4.35. The van der Waals surface area contributed by atoms with Gasteiger partial charge in [-0.25, -0.2) is 4.98 Å². The van der Waals surface area contributed by atoms with Crippen molar-refractivity contribution in [2.75, 3.05) is 11.9 Å². The highest BCUT2D eigenvalue weighted by atomic mass is 16.2. The Bertz CT molecular complexity index is 940. The van der Waals surface area contributed by atoms with E-state index in [1.807, 2.05) is 41.1 Å². The summed E-state index contributed by atoms with van der Waals surface area (Å²) in [4.78, 5) is 17.1. The van der Waals surface area contributed by atoms with Gasteiger partial charge in [0.1, 0.15) is 0 Å². The molecule has 1 amide bonds. The molecule has 1 fully saturated rings. The Morgan fingerprint density at radius 1 is 1.11 bits per heavy atom. The van der Waals surface area contributed by atoms with Crippen molar-refractivity contribution in [3.63, 3.8) is 0 Å². The fraction of sp³-hybridized carbons (Fsp3) is 0.304. The maximum atomic E-state index is 12.4. The van der Waals surface area contributed by atoms with Gasteiger partial charge in [0.15, 0.2) is 0 Å². The van der Waals surface area contributed by atoms with Crippen molar-refractivity contribution in [3.8, 4) is 16.9 Å². The molecule has 0 atom stereocenters. The zero-order chi connectivity index (χ0) is 19.5. The summed E-state index contributed by atoms with van der Waals surface area (Å²) in [5.74, 6) is 0.945. The zero-order valence-corrected chi connectivity index (χ0v) is 16.4. The minimum absolute atomic E-state index is 0.0721. The zero-order valence-electron chi connectivity index (χ0n) is 16.4. The van der Waals surface area contributed by atoms with Gasteiger partial charge in [0.05, 0.1) is 12.2 Å². The SMILES string of the molecule is CC(C)c1ccc(-n2cc(-c3ccccc3)nc2NC(=O)CNC2CC2)cc1. The number of hydrogen-bond donors (Lipinski definition) is 2. The molecule has 1 aliphatic rings. The standard InChI is InChI=1S/C23H26N4O/c1-16(2)17-8-12-20(13-9-17)27-15-21(18-6-4-3-5-7-18)25-23(27)26-22(28)14-24-19-10-11-19/h3-9,12-13,15-16,19,24H,10-11,14H2,1-2H3,(H,25,26,28). The first-order chi connectivity index (χ1) is 13.6. The van der Waals surface area contributed by atoms with Crippen LogP contribution < -0.4 is 10.6 Å². The summed E-state index contributed by atoms with van der Waals surface area (Å²) in [6.07, 6.45) is 4.29. The lowest BCUT2D eigenvalue weighted by Gasteiger charge is -2.11. The number of nitrogens with one attached hydrogen (secondary N) is 2. The average molecular weight is 374 g/mol. The monoisotopic (exact) mass is 374 g/mol. The van der Waals surface area contributed by atoms with Gasteiger partial charge < -0.3 is 5.32 Å². The number of carbonyl (C=O) groups is 1.